The molecule has 0 saturated heterocycles. The highest BCUT2D eigenvalue weighted by molar-refractivity contribution is 6.05. The van der Waals surface area contributed by atoms with Gasteiger partial charge in [-0.05, 0) is 12.1 Å². The molecule has 0 radical (unpaired) electrons. The van der Waals surface area contributed by atoms with Gasteiger partial charge in [-0.15, -0.1) is 0 Å². The number of carbonyl (C=O) groups excluding carboxylic acids is 1. The summed E-state index contributed by atoms with van der Waals surface area (Å²) in [5.74, 6) is 5.48. The maximum atomic E-state index is 12.2. The number of rotatable bonds is 3. The molecule has 20 heavy (non-hydrogen) atoms. The minimum absolute atomic E-state index is 0.0110. The molecule has 1 amide bonds. The largest absolute Gasteiger partial charge is 0.395 e. The quantitative estimate of drug-likeness (QED) is 0.828. The van der Waals surface area contributed by atoms with Crippen LogP contribution in [0.5, 0.6) is 0 Å². The number of hydrogen-bond donors (Lipinski definition) is 2. The number of aromatic nitrogens is 2. The summed E-state index contributed by atoms with van der Waals surface area (Å²) < 4.78 is 1.61. The summed E-state index contributed by atoms with van der Waals surface area (Å²) in [4.78, 5) is 12.2. The van der Waals surface area contributed by atoms with Crippen LogP contribution in [0, 0.1) is 11.8 Å². The molecule has 2 N–H and O–H groups in total. The van der Waals surface area contributed by atoms with Crippen molar-refractivity contribution in [2.75, 3.05) is 11.9 Å². The lowest BCUT2D eigenvalue weighted by atomic mass is 10.1. The molecule has 0 aliphatic heterocycles. The number of aliphatic hydroxyl groups excluding tert-OH is 1. The molecule has 2 rings (SSSR count). The maximum absolute atomic E-state index is 12.2. The molecule has 0 bridgehead atoms. The average Bonchev–Trinajstić information content (AvgIpc) is 2.85. The normalized spacial score (nSPS) is 9.70. The van der Waals surface area contributed by atoms with Crippen molar-refractivity contribution in [1.82, 2.24) is 9.78 Å². The van der Waals surface area contributed by atoms with Crippen LogP contribution in [0.2, 0.25) is 0 Å². The Labute approximate surface area is 117 Å². The Hall–Kier alpha value is -2.58. The molecule has 1 aromatic carbocycles. The Bertz CT molecular complexity index is 665. The van der Waals surface area contributed by atoms with Gasteiger partial charge < -0.3 is 10.4 Å². The van der Waals surface area contributed by atoms with Crippen molar-refractivity contribution in [3.63, 3.8) is 0 Å². The summed E-state index contributed by atoms with van der Waals surface area (Å²) in [6.07, 6.45) is 3.69. The number of carbonyl (C=O) groups is 1. The SMILES string of the molecule is Cn1cc(NC(=O)c2ccccc2C#CCCO)cn1. The van der Waals surface area contributed by atoms with E-state index >= 15 is 0 Å². The Balaban J connectivity index is 2.19. The van der Waals surface area contributed by atoms with Gasteiger partial charge in [0, 0.05) is 25.2 Å². The number of hydrogen-bond acceptors (Lipinski definition) is 3. The van der Waals surface area contributed by atoms with Gasteiger partial charge in [0.2, 0.25) is 0 Å². The summed E-state index contributed by atoms with van der Waals surface area (Å²) >= 11 is 0. The van der Waals surface area contributed by atoms with Crippen molar-refractivity contribution in [2.45, 2.75) is 6.42 Å². The van der Waals surface area contributed by atoms with E-state index in [1.54, 1.807) is 42.3 Å². The molecule has 0 spiro atoms. The molecule has 1 aromatic heterocycles. The van der Waals surface area contributed by atoms with Gasteiger partial charge in [-0.1, -0.05) is 24.0 Å². The van der Waals surface area contributed by atoms with Crippen molar-refractivity contribution in [2.24, 2.45) is 7.05 Å². The van der Waals surface area contributed by atoms with E-state index in [2.05, 4.69) is 22.3 Å². The standard InChI is InChI=1S/C15H15N3O2/c1-18-11-13(10-16-18)17-15(20)14-8-3-2-6-12(14)7-4-5-9-19/h2-3,6,8,10-11,19H,5,9H2,1H3,(H,17,20). The first-order valence-electron chi connectivity index (χ1n) is 6.19. The lowest BCUT2D eigenvalue weighted by molar-refractivity contribution is 0.102. The van der Waals surface area contributed by atoms with E-state index in [4.69, 9.17) is 5.11 Å². The predicted molar refractivity (Wildman–Crippen MR) is 76.2 cm³/mol. The van der Waals surface area contributed by atoms with E-state index in [1.807, 2.05) is 6.07 Å². The van der Waals surface area contributed by atoms with Gasteiger partial charge in [0.25, 0.3) is 5.91 Å². The number of aliphatic hydroxyl groups is 1. The van der Waals surface area contributed by atoms with Crippen LogP contribution in [-0.4, -0.2) is 27.4 Å². The predicted octanol–water partition coefficient (Wildman–Crippen LogP) is 1.41. The maximum Gasteiger partial charge on any atom is 0.257 e. The number of benzene rings is 1. The molecule has 0 fully saturated rings. The second kappa shape index (κ2) is 6.55. The van der Waals surface area contributed by atoms with Crippen molar-refractivity contribution in [1.29, 1.82) is 0 Å². The summed E-state index contributed by atoms with van der Waals surface area (Å²) in [7, 11) is 1.78. The number of nitrogens with one attached hydrogen (secondary N) is 1. The third-order valence-corrected chi connectivity index (χ3v) is 2.59. The summed E-state index contributed by atoms with van der Waals surface area (Å²) in [5, 5.41) is 15.5. The van der Waals surface area contributed by atoms with Gasteiger partial charge >= 0.3 is 0 Å². The summed E-state index contributed by atoms with van der Waals surface area (Å²) in [6.45, 7) is 0.0110. The number of aryl methyl sites for hydroxylation is 1. The van der Waals surface area contributed by atoms with Crippen molar-refractivity contribution < 1.29 is 9.90 Å². The highest BCUT2D eigenvalue weighted by atomic mass is 16.2. The van der Waals surface area contributed by atoms with Gasteiger partial charge in [0.1, 0.15) is 0 Å². The van der Waals surface area contributed by atoms with Gasteiger partial charge in [0.05, 0.1) is 24.1 Å². The lowest BCUT2D eigenvalue weighted by Crippen LogP contribution is -2.13. The molecule has 0 aliphatic rings. The fraction of sp³-hybridized carbons (Fsp3) is 0.200. The van der Waals surface area contributed by atoms with Crippen LogP contribution in [0.3, 0.4) is 0 Å². The molecule has 1 heterocycles. The van der Waals surface area contributed by atoms with Crippen molar-refractivity contribution >= 4 is 11.6 Å². The van der Waals surface area contributed by atoms with E-state index in [-0.39, 0.29) is 12.5 Å². The van der Waals surface area contributed by atoms with Crippen LogP contribution in [0.4, 0.5) is 5.69 Å². The minimum atomic E-state index is -0.230. The molecular formula is C15H15N3O2. The average molecular weight is 269 g/mol. The first-order valence-corrected chi connectivity index (χ1v) is 6.19. The fourth-order valence-corrected chi connectivity index (χ4v) is 1.69. The fourth-order valence-electron chi connectivity index (χ4n) is 1.69. The van der Waals surface area contributed by atoms with Crippen LogP contribution in [-0.2, 0) is 7.05 Å². The highest BCUT2D eigenvalue weighted by Crippen LogP contribution is 2.11. The molecule has 0 unspecified atom stereocenters. The van der Waals surface area contributed by atoms with Crippen LogP contribution >= 0.6 is 0 Å². The molecule has 0 atom stereocenters. The molecule has 0 aliphatic carbocycles. The monoisotopic (exact) mass is 269 g/mol. The van der Waals surface area contributed by atoms with E-state index < -0.39 is 0 Å². The van der Waals surface area contributed by atoms with Crippen molar-refractivity contribution in [3.8, 4) is 11.8 Å². The second-order valence-electron chi connectivity index (χ2n) is 4.18. The van der Waals surface area contributed by atoms with Crippen LogP contribution in [0.25, 0.3) is 0 Å². The third kappa shape index (κ3) is 3.46. The lowest BCUT2D eigenvalue weighted by Gasteiger charge is -2.04. The number of anilines is 1. The molecule has 0 saturated carbocycles. The Morgan fingerprint density at radius 1 is 1.45 bits per heavy atom. The third-order valence-electron chi connectivity index (χ3n) is 2.59. The first-order chi connectivity index (χ1) is 9.70. The number of nitrogens with zero attached hydrogens (tertiary/aromatic N) is 2. The van der Waals surface area contributed by atoms with Crippen LogP contribution in [0.15, 0.2) is 36.7 Å². The minimum Gasteiger partial charge on any atom is -0.395 e. The van der Waals surface area contributed by atoms with Gasteiger partial charge in [-0.25, -0.2) is 0 Å². The van der Waals surface area contributed by atoms with Gasteiger partial charge in [-0.3, -0.25) is 9.48 Å². The first kappa shape index (κ1) is 13.8. The zero-order chi connectivity index (χ0) is 14.4. The smallest absolute Gasteiger partial charge is 0.257 e. The topological polar surface area (TPSA) is 67.2 Å². The number of amides is 1. The van der Waals surface area contributed by atoms with E-state index in [1.165, 1.54) is 0 Å². The van der Waals surface area contributed by atoms with Crippen molar-refractivity contribution in [3.05, 3.63) is 47.8 Å². The zero-order valence-electron chi connectivity index (χ0n) is 11.1. The molecular weight excluding hydrogens is 254 g/mol. The molecule has 5 nitrogen and oxygen atoms in total. The van der Waals surface area contributed by atoms with E-state index in [9.17, 15) is 4.79 Å². The summed E-state index contributed by atoms with van der Waals surface area (Å²) in [5.41, 5.74) is 1.78. The van der Waals surface area contributed by atoms with E-state index in [0.717, 1.165) is 0 Å². The Morgan fingerprint density at radius 2 is 2.25 bits per heavy atom. The Kier molecular flexibility index (Phi) is 4.53. The second-order valence-corrected chi connectivity index (χ2v) is 4.18. The molecule has 2 aromatic rings. The molecule has 5 heteroatoms. The van der Waals surface area contributed by atoms with Crippen LogP contribution in [0.1, 0.15) is 22.3 Å². The van der Waals surface area contributed by atoms with E-state index in [0.29, 0.717) is 23.2 Å². The molecule has 102 valence electrons. The summed E-state index contributed by atoms with van der Waals surface area (Å²) in [6, 6.07) is 7.11. The highest BCUT2D eigenvalue weighted by Gasteiger charge is 2.10. The Morgan fingerprint density at radius 3 is 2.95 bits per heavy atom. The van der Waals surface area contributed by atoms with Gasteiger partial charge in [-0.2, -0.15) is 5.10 Å². The van der Waals surface area contributed by atoms with Crippen LogP contribution < -0.4 is 5.32 Å². The zero-order valence-corrected chi connectivity index (χ0v) is 11.1. The van der Waals surface area contributed by atoms with Gasteiger partial charge in [0.15, 0.2) is 0 Å².